The van der Waals surface area contributed by atoms with Gasteiger partial charge in [-0.3, -0.25) is 0 Å². The highest BCUT2D eigenvalue weighted by molar-refractivity contribution is 5.96. The fraction of sp³-hybridized carbons (Fsp3) is 0.222. The molecule has 1 heterocycles. The van der Waals surface area contributed by atoms with E-state index in [1.807, 2.05) is 25.1 Å². The summed E-state index contributed by atoms with van der Waals surface area (Å²) in [6.45, 7) is 6.03. The van der Waals surface area contributed by atoms with Crippen LogP contribution in [0.25, 0.3) is 22.0 Å². The molecule has 1 aromatic heterocycles. The lowest BCUT2D eigenvalue weighted by Gasteiger charge is -2.19. The predicted octanol–water partition coefficient (Wildman–Crippen LogP) is 5.80. The number of ether oxygens (including phenoxy) is 2. The van der Waals surface area contributed by atoms with Crippen LogP contribution in [0, 0.1) is 13.8 Å². The van der Waals surface area contributed by atoms with Crippen molar-refractivity contribution in [2.75, 3.05) is 19.5 Å². The van der Waals surface area contributed by atoms with Crippen molar-refractivity contribution in [1.29, 1.82) is 0 Å². The summed E-state index contributed by atoms with van der Waals surface area (Å²) in [6.07, 6.45) is 0. The third-order valence-electron chi connectivity index (χ3n) is 5.77. The molecule has 0 saturated carbocycles. The van der Waals surface area contributed by atoms with E-state index in [-0.39, 0.29) is 17.4 Å². The summed E-state index contributed by atoms with van der Waals surface area (Å²) < 4.78 is 11.0. The smallest absolute Gasteiger partial charge is 0.339 e. The summed E-state index contributed by atoms with van der Waals surface area (Å²) in [7, 11) is 3.05. The molecule has 0 amide bonds. The minimum absolute atomic E-state index is 0.0258. The van der Waals surface area contributed by atoms with Crippen molar-refractivity contribution in [3.63, 3.8) is 0 Å². The van der Waals surface area contributed by atoms with Gasteiger partial charge in [-0.1, -0.05) is 35.9 Å². The van der Waals surface area contributed by atoms with Crippen LogP contribution < -0.4 is 14.8 Å². The molecular formula is C27H27N3O4. The molecule has 7 nitrogen and oxygen atoms in total. The Balaban J connectivity index is 1.85. The molecule has 34 heavy (non-hydrogen) atoms. The van der Waals surface area contributed by atoms with Crippen molar-refractivity contribution in [3.8, 4) is 22.6 Å². The van der Waals surface area contributed by atoms with E-state index < -0.39 is 5.97 Å². The van der Waals surface area contributed by atoms with Crippen LogP contribution in [-0.2, 0) is 0 Å². The standard InChI is InChI=1S/C27H27N3O4/c1-15-7-6-8-18(11-15)16(2)28-26-22-13-21(25(34-5)14-23(22)29-17(3)30-26)19-9-10-20(27(31)32)24(12-19)33-4/h6-14,16H,1-5H3,(H,31,32)(H,28,29,30)/t16-/m0/s1. The molecule has 0 unspecified atom stereocenters. The third-order valence-corrected chi connectivity index (χ3v) is 5.77. The van der Waals surface area contributed by atoms with Gasteiger partial charge in [-0.15, -0.1) is 0 Å². The van der Waals surface area contributed by atoms with Gasteiger partial charge in [0, 0.05) is 23.1 Å². The van der Waals surface area contributed by atoms with Gasteiger partial charge in [0.15, 0.2) is 0 Å². The van der Waals surface area contributed by atoms with Crippen LogP contribution in [0.1, 0.15) is 40.3 Å². The molecule has 1 atom stereocenters. The predicted molar refractivity (Wildman–Crippen MR) is 133 cm³/mol. The van der Waals surface area contributed by atoms with Crippen molar-refractivity contribution < 1.29 is 19.4 Å². The molecule has 174 valence electrons. The lowest BCUT2D eigenvalue weighted by Crippen LogP contribution is -2.10. The molecule has 0 aliphatic carbocycles. The Morgan fingerprint density at radius 2 is 1.74 bits per heavy atom. The van der Waals surface area contributed by atoms with Crippen molar-refractivity contribution in [1.82, 2.24) is 9.97 Å². The van der Waals surface area contributed by atoms with E-state index in [2.05, 4.69) is 47.3 Å². The Morgan fingerprint density at radius 3 is 2.41 bits per heavy atom. The lowest BCUT2D eigenvalue weighted by molar-refractivity contribution is 0.0693. The first-order valence-corrected chi connectivity index (χ1v) is 10.9. The first-order valence-electron chi connectivity index (χ1n) is 10.9. The van der Waals surface area contributed by atoms with E-state index in [1.165, 1.54) is 18.7 Å². The van der Waals surface area contributed by atoms with Gasteiger partial charge in [0.1, 0.15) is 28.7 Å². The molecule has 0 spiro atoms. The van der Waals surface area contributed by atoms with Gasteiger partial charge in [0.25, 0.3) is 0 Å². The Labute approximate surface area is 198 Å². The maximum atomic E-state index is 11.5. The Hall–Kier alpha value is -4.13. The summed E-state index contributed by atoms with van der Waals surface area (Å²) in [4.78, 5) is 20.8. The van der Waals surface area contributed by atoms with Gasteiger partial charge in [0.05, 0.1) is 19.7 Å². The van der Waals surface area contributed by atoms with Crippen LogP contribution in [-0.4, -0.2) is 35.3 Å². The molecule has 4 aromatic rings. The molecule has 7 heteroatoms. The average molecular weight is 458 g/mol. The van der Waals surface area contributed by atoms with Crippen LogP contribution in [0.15, 0.2) is 54.6 Å². The van der Waals surface area contributed by atoms with E-state index in [0.717, 1.165) is 33.4 Å². The molecule has 2 N–H and O–H groups in total. The zero-order chi connectivity index (χ0) is 24.4. The molecule has 0 radical (unpaired) electrons. The number of carboxylic acid groups (broad SMARTS) is 1. The fourth-order valence-electron chi connectivity index (χ4n) is 4.04. The number of aromatic nitrogens is 2. The van der Waals surface area contributed by atoms with Crippen molar-refractivity contribution in [3.05, 3.63) is 77.1 Å². The molecule has 0 bridgehead atoms. The minimum Gasteiger partial charge on any atom is -0.496 e. The van der Waals surface area contributed by atoms with Crippen LogP contribution in [0.5, 0.6) is 11.5 Å². The summed E-state index contributed by atoms with van der Waals surface area (Å²) in [6, 6.07) is 17.2. The molecular weight excluding hydrogens is 430 g/mol. The highest BCUT2D eigenvalue weighted by Crippen LogP contribution is 2.38. The molecule has 0 saturated heterocycles. The number of carbonyl (C=O) groups is 1. The first kappa shape index (κ1) is 23.0. The maximum Gasteiger partial charge on any atom is 0.339 e. The van der Waals surface area contributed by atoms with E-state index >= 15 is 0 Å². The van der Waals surface area contributed by atoms with E-state index in [0.29, 0.717) is 11.6 Å². The van der Waals surface area contributed by atoms with E-state index in [1.54, 1.807) is 19.2 Å². The molecule has 4 rings (SSSR count). The van der Waals surface area contributed by atoms with Gasteiger partial charge in [-0.25, -0.2) is 14.8 Å². The first-order chi connectivity index (χ1) is 16.3. The second kappa shape index (κ2) is 9.39. The fourth-order valence-corrected chi connectivity index (χ4v) is 4.04. The highest BCUT2D eigenvalue weighted by Gasteiger charge is 2.18. The van der Waals surface area contributed by atoms with E-state index in [9.17, 15) is 9.90 Å². The number of nitrogens with zero attached hydrogens (tertiary/aromatic N) is 2. The van der Waals surface area contributed by atoms with Crippen molar-refractivity contribution >= 4 is 22.7 Å². The van der Waals surface area contributed by atoms with Crippen LogP contribution in [0.2, 0.25) is 0 Å². The van der Waals surface area contributed by atoms with Crippen molar-refractivity contribution in [2.24, 2.45) is 0 Å². The van der Waals surface area contributed by atoms with Gasteiger partial charge in [-0.2, -0.15) is 0 Å². The van der Waals surface area contributed by atoms with Crippen LogP contribution >= 0.6 is 0 Å². The van der Waals surface area contributed by atoms with E-state index in [4.69, 9.17) is 9.47 Å². The zero-order valence-electron chi connectivity index (χ0n) is 19.8. The number of aryl methyl sites for hydroxylation is 2. The van der Waals surface area contributed by atoms with Crippen molar-refractivity contribution in [2.45, 2.75) is 26.8 Å². The number of fused-ring (bicyclic) bond motifs is 1. The number of nitrogens with one attached hydrogen (secondary N) is 1. The number of carboxylic acids is 1. The number of methoxy groups -OCH3 is 2. The SMILES string of the molecule is COc1cc(-c2cc3c(N[C@@H](C)c4cccc(C)c4)nc(C)nc3cc2OC)ccc1C(=O)O. The van der Waals surface area contributed by atoms with Gasteiger partial charge < -0.3 is 19.9 Å². The Bertz CT molecular complexity index is 1380. The second-order valence-electron chi connectivity index (χ2n) is 8.19. The largest absolute Gasteiger partial charge is 0.496 e. The summed E-state index contributed by atoms with van der Waals surface area (Å²) in [5, 5.41) is 13.8. The second-order valence-corrected chi connectivity index (χ2v) is 8.19. The third kappa shape index (κ3) is 4.50. The topological polar surface area (TPSA) is 93.6 Å². The van der Waals surface area contributed by atoms with Gasteiger partial charge in [0.2, 0.25) is 0 Å². The molecule has 0 aliphatic heterocycles. The maximum absolute atomic E-state index is 11.5. The minimum atomic E-state index is -1.05. The summed E-state index contributed by atoms with van der Waals surface area (Å²) in [5.41, 5.74) is 4.75. The van der Waals surface area contributed by atoms with Crippen LogP contribution in [0.4, 0.5) is 5.82 Å². The quantitative estimate of drug-likeness (QED) is 0.362. The normalized spacial score (nSPS) is 11.8. The summed E-state index contributed by atoms with van der Waals surface area (Å²) >= 11 is 0. The number of anilines is 1. The highest BCUT2D eigenvalue weighted by atomic mass is 16.5. The average Bonchev–Trinajstić information content (AvgIpc) is 2.82. The number of hydrogen-bond donors (Lipinski definition) is 2. The Morgan fingerprint density at radius 1 is 0.971 bits per heavy atom. The van der Waals surface area contributed by atoms with Gasteiger partial charge >= 0.3 is 5.97 Å². The number of aromatic carboxylic acids is 1. The number of benzene rings is 3. The molecule has 0 fully saturated rings. The molecule has 0 aliphatic rings. The number of hydrogen-bond acceptors (Lipinski definition) is 6. The number of rotatable bonds is 7. The molecule has 3 aromatic carbocycles. The summed E-state index contributed by atoms with van der Waals surface area (Å²) in [5.74, 6) is 1.21. The van der Waals surface area contributed by atoms with Gasteiger partial charge in [-0.05, 0) is 50.1 Å². The monoisotopic (exact) mass is 457 g/mol. The zero-order valence-corrected chi connectivity index (χ0v) is 19.8. The lowest BCUT2D eigenvalue weighted by atomic mass is 9.99. The Kier molecular flexibility index (Phi) is 6.36. The van der Waals surface area contributed by atoms with Crippen LogP contribution in [0.3, 0.4) is 0 Å².